The molecule has 0 radical (unpaired) electrons. The summed E-state index contributed by atoms with van der Waals surface area (Å²) < 4.78 is 51.4. The number of halogens is 2. The molecule has 84 valence electrons. The van der Waals surface area contributed by atoms with E-state index in [4.69, 9.17) is 4.74 Å². The molecule has 8 heteroatoms. The third-order valence-corrected chi connectivity index (χ3v) is 2.94. The van der Waals surface area contributed by atoms with Crippen molar-refractivity contribution >= 4 is 10.0 Å². The van der Waals surface area contributed by atoms with Crippen molar-refractivity contribution in [1.29, 1.82) is 0 Å². The van der Waals surface area contributed by atoms with Gasteiger partial charge < -0.3 is 9.84 Å². The van der Waals surface area contributed by atoms with Crippen molar-refractivity contribution in [2.75, 3.05) is 19.8 Å². The molecule has 2 N–H and O–H groups in total. The molecule has 14 heavy (non-hydrogen) atoms. The lowest BCUT2D eigenvalue weighted by atomic mass is 10.1. The Bertz CT molecular complexity index is 286. The number of sulfonamides is 1. The highest BCUT2D eigenvalue weighted by atomic mass is 32.2. The monoisotopic (exact) mass is 231 g/mol. The summed E-state index contributed by atoms with van der Waals surface area (Å²) in [6.07, 6.45) is 0.235. The second kappa shape index (κ2) is 4.05. The molecule has 1 aliphatic heterocycles. The van der Waals surface area contributed by atoms with Gasteiger partial charge in [-0.05, 0) is 0 Å². The van der Waals surface area contributed by atoms with Gasteiger partial charge in [0.25, 0.3) is 10.0 Å². The fourth-order valence-corrected chi connectivity index (χ4v) is 1.63. The molecule has 1 aliphatic rings. The summed E-state index contributed by atoms with van der Waals surface area (Å²) in [4.78, 5) is 0. The number of ether oxygens (including phenoxy) is 1. The second-order valence-electron chi connectivity index (χ2n) is 3.15. The molecule has 1 saturated heterocycles. The van der Waals surface area contributed by atoms with Crippen molar-refractivity contribution in [1.82, 2.24) is 4.72 Å². The summed E-state index contributed by atoms with van der Waals surface area (Å²) in [6.45, 7) is -0.189. The normalized spacial score (nSPS) is 28.6. The highest BCUT2D eigenvalue weighted by molar-refractivity contribution is 7.89. The summed E-state index contributed by atoms with van der Waals surface area (Å²) in [5.41, 5.74) is -1.36. The minimum Gasteiger partial charge on any atom is -0.386 e. The molecule has 0 aliphatic carbocycles. The van der Waals surface area contributed by atoms with Gasteiger partial charge in [-0.2, -0.15) is 8.78 Å². The maximum Gasteiger partial charge on any atom is 0.350 e. The lowest BCUT2D eigenvalue weighted by Crippen LogP contribution is -2.44. The first-order valence-corrected chi connectivity index (χ1v) is 5.47. The van der Waals surface area contributed by atoms with E-state index >= 15 is 0 Å². The first-order chi connectivity index (χ1) is 6.36. The van der Waals surface area contributed by atoms with Crippen LogP contribution < -0.4 is 4.72 Å². The highest BCUT2D eigenvalue weighted by Crippen LogP contribution is 2.17. The molecule has 5 nitrogen and oxygen atoms in total. The Morgan fingerprint density at radius 1 is 1.57 bits per heavy atom. The van der Waals surface area contributed by atoms with Crippen LogP contribution in [0.15, 0.2) is 0 Å². The molecular formula is C6H11F2NO4S. The predicted octanol–water partition coefficient (Wildman–Crippen LogP) is -0.720. The van der Waals surface area contributed by atoms with Gasteiger partial charge in [-0.15, -0.1) is 0 Å². The SMILES string of the molecule is O=S(=O)(NCC1(O)CCOC1)C(F)F. The first kappa shape index (κ1) is 11.8. The van der Waals surface area contributed by atoms with E-state index in [2.05, 4.69) is 0 Å². The zero-order chi connectivity index (χ0) is 10.8. The van der Waals surface area contributed by atoms with Crippen molar-refractivity contribution in [2.45, 2.75) is 17.8 Å². The predicted molar refractivity (Wildman–Crippen MR) is 43.3 cm³/mol. The van der Waals surface area contributed by atoms with Crippen molar-refractivity contribution in [3.63, 3.8) is 0 Å². The molecule has 1 fully saturated rings. The Morgan fingerprint density at radius 2 is 2.21 bits per heavy atom. The largest absolute Gasteiger partial charge is 0.386 e. The standard InChI is InChI=1S/C6H11F2NO4S/c7-5(8)14(11,12)9-3-6(10)1-2-13-4-6/h5,9-10H,1-4H2. The van der Waals surface area contributed by atoms with E-state index in [1.165, 1.54) is 0 Å². The van der Waals surface area contributed by atoms with E-state index in [-0.39, 0.29) is 13.0 Å². The van der Waals surface area contributed by atoms with Crippen LogP contribution in [-0.4, -0.2) is 44.6 Å². The average molecular weight is 231 g/mol. The van der Waals surface area contributed by atoms with Gasteiger partial charge in [0.1, 0.15) is 5.60 Å². The number of hydrogen-bond donors (Lipinski definition) is 2. The van der Waals surface area contributed by atoms with Gasteiger partial charge >= 0.3 is 5.76 Å². The van der Waals surface area contributed by atoms with Crippen LogP contribution >= 0.6 is 0 Å². The lowest BCUT2D eigenvalue weighted by Gasteiger charge is -2.20. The quantitative estimate of drug-likeness (QED) is 0.669. The molecule has 0 saturated carbocycles. The number of alkyl halides is 2. The van der Waals surface area contributed by atoms with Crippen LogP contribution in [0.4, 0.5) is 8.78 Å². The minimum absolute atomic E-state index is 0.0429. The van der Waals surface area contributed by atoms with E-state index in [1.54, 1.807) is 4.72 Å². The molecule has 0 amide bonds. The van der Waals surface area contributed by atoms with Crippen molar-refractivity contribution in [3.8, 4) is 0 Å². The van der Waals surface area contributed by atoms with Gasteiger partial charge in [0.05, 0.1) is 6.61 Å². The Morgan fingerprint density at radius 3 is 2.64 bits per heavy atom. The number of nitrogens with one attached hydrogen (secondary N) is 1. The van der Waals surface area contributed by atoms with Gasteiger partial charge in [0.2, 0.25) is 0 Å². The Kier molecular flexibility index (Phi) is 3.40. The third-order valence-electron chi connectivity index (χ3n) is 1.92. The van der Waals surface area contributed by atoms with Crippen LogP contribution in [0.1, 0.15) is 6.42 Å². The zero-order valence-corrected chi connectivity index (χ0v) is 8.06. The van der Waals surface area contributed by atoms with Gasteiger partial charge in [0.15, 0.2) is 0 Å². The molecule has 1 unspecified atom stereocenters. The van der Waals surface area contributed by atoms with Crippen LogP contribution in [0.3, 0.4) is 0 Å². The lowest BCUT2D eigenvalue weighted by molar-refractivity contribution is 0.0311. The Balaban J connectivity index is 2.48. The van der Waals surface area contributed by atoms with E-state index in [1.807, 2.05) is 0 Å². The molecule has 0 bridgehead atoms. The minimum atomic E-state index is -4.62. The molecule has 0 spiro atoms. The van der Waals surface area contributed by atoms with Crippen LogP contribution in [-0.2, 0) is 14.8 Å². The van der Waals surface area contributed by atoms with Crippen LogP contribution in [0, 0.1) is 0 Å². The third kappa shape index (κ3) is 2.84. The van der Waals surface area contributed by atoms with Crippen molar-refractivity contribution in [3.05, 3.63) is 0 Å². The fourth-order valence-electron chi connectivity index (χ4n) is 1.03. The molecule has 0 aromatic heterocycles. The highest BCUT2D eigenvalue weighted by Gasteiger charge is 2.35. The van der Waals surface area contributed by atoms with Crippen molar-refractivity contribution < 1.29 is 27.0 Å². The maximum absolute atomic E-state index is 11.8. The smallest absolute Gasteiger partial charge is 0.350 e. The number of aliphatic hydroxyl groups is 1. The molecule has 0 aromatic rings. The second-order valence-corrected chi connectivity index (χ2v) is 4.89. The van der Waals surface area contributed by atoms with Crippen molar-refractivity contribution in [2.24, 2.45) is 0 Å². The molecule has 0 aromatic carbocycles. The average Bonchev–Trinajstić information content (AvgIpc) is 2.50. The summed E-state index contributed by atoms with van der Waals surface area (Å²) in [5, 5.41) is 9.54. The molecule has 1 atom stereocenters. The Labute approximate surface area is 80.1 Å². The van der Waals surface area contributed by atoms with Crippen LogP contribution in [0.5, 0.6) is 0 Å². The van der Waals surface area contributed by atoms with Gasteiger partial charge in [-0.1, -0.05) is 0 Å². The van der Waals surface area contributed by atoms with Gasteiger partial charge in [-0.25, -0.2) is 13.1 Å². The number of hydrogen-bond acceptors (Lipinski definition) is 4. The van der Waals surface area contributed by atoms with E-state index in [9.17, 15) is 22.3 Å². The molecular weight excluding hydrogens is 220 g/mol. The van der Waals surface area contributed by atoms with Gasteiger partial charge in [-0.3, -0.25) is 0 Å². The summed E-state index contributed by atoms with van der Waals surface area (Å²) in [6, 6.07) is 0. The summed E-state index contributed by atoms with van der Waals surface area (Å²) >= 11 is 0. The van der Waals surface area contributed by atoms with E-state index < -0.39 is 27.9 Å². The van der Waals surface area contributed by atoms with Crippen LogP contribution in [0.25, 0.3) is 0 Å². The Hall–Kier alpha value is -0.310. The topological polar surface area (TPSA) is 75.6 Å². The van der Waals surface area contributed by atoms with Crippen LogP contribution in [0.2, 0.25) is 0 Å². The van der Waals surface area contributed by atoms with E-state index in [0.29, 0.717) is 6.61 Å². The maximum atomic E-state index is 11.8. The first-order valence-electron chi connectivity index (χ1n) is 3.92. The summed E-state index contributed by atoms with van der Waals surface area (Å²) in [5.74, 6) is -3.48. The van der Waals surface area contributed by atoms with E-state index in [0.717, 1.165) is 0 Å². The fraction of sp³-hybridized carbons (Fsp3) is 1.00. The molecule has 1 rings (SSSR count). The van der Waals surface area contributed by atoms with Gasteiger partial charge in [0, 0.05) is 19.6 Å². The summed E-state index contributed by atoms with van der Waals surface area (Å²) in [7, 11) is -4.62. The number of rotatable bonds is 4. The zero-order valence-electron chi connectivity index (χ0n) is 7.24. The molecule has 1 heterocycles.